The minimum Gasteiger partial charge on any atom is -0.314 e. The first kappa shape index (κ1) is 11.2. The van der Waals surface area contributed by atoms with E-state index in [1.165, 1.54) is 5.69 Å². The summed E-state index contributed by atoms with van der Waals surface area (Å²) in [6, 6.07) is 0. The van der Waals surface area contributed by atoms with Gasteiger partial charge in [0.25, 0.3) is 0 Å². The molecule has 4 nitrogen and oxygen atoms in total. The van der Waals surface area contributed by atoms with Gasteiger partial charge in [-0.1, -0.05) is 25.5 Å². The van der Waals surface area contributed by atoms with E-state index in [1.807, 2.05) is 11.7 Å². The molecule has 0 aliphatic carbocycles. The Morgan fingerprint density at radius 2 is 2.07 bits per heavy atom. The van der Waals surface area contributed by atoms with E-state index in [4.69, 9.17) is 0 Å². The molecule has 0 aliphatic rings. The highest BCUT2D eigenvalue weighted by Gasteiger charge is 2.09. The molecule has 1 aromatic rings. The van der Waals surface area contributed by atoms with E-state index in [-0.39, 0.29) is 0 Å². The van der Waals surface area contributed by atoms with Gasteiger partial charge in [0.1, 0.15) is 0 Å². The van der Waals surface area contributed by atoms with E-state index in [9.17, 15) is 0 Å². The van der Waals surface area contributed by atoms with Gasteiger partial charge in [0.2, 0.25) is 0 Å². The first-order valence-electron chi connectivity index (χ1n) is 5.39. The van der Waals surface area contributed by atoms with Gasteiger partial charge in [0.05, 0.1) is 11.4 Å². The van der Waals surface area contributed by atoms with E-state index in [0.29, 0.717) is 0 Å². The topological polar surface area (TPSA) is 42.7 Å². The van der Waals surface area contributed by atoms with Gasteiger partial charge in [-0.3, -0.25) is 0 Å². The molecule has 0 saturated carbocycles. The Labute approximate surface area is 85.7 Å². The summed E-state index contributed by atoms with van der Waals surface area (Å²) in [4.78, 5) is 0. The Hall–Kier alpha value is -0.900. The third-order valence-corrected chi connectivity index (χ3v) is 2.18. The summed E-state index contributed by atoms with van der Waals surface area (Å²) in [5.74, 6) is 0. The van der Waals surface area contributed by atoms with Crippen LogP contribution in [0, 0.1) is 0 Å². The molecule has 1 aromatic heterocycles. The van der Waals surface area contributed by atoms with E-state index in [2.05, 4.69) is 29.5 Å². The van der Waals surface area contributed by atoms with E-state index in [0.717, 1.165) is 38.0 Å². The molecule has 0 bridgehead atoms. The number of aryl methyl sites for hydroxylation is 1. The predicted molar refractivity (Wildman–Crippen MR) is 57.1 cm³/mol. The standard InChI is InChI=1S/C10H20N4/c1-4-6-10-9(8-11-3)12-13-14(10)7-5-2/h11H,4-8H2,1-3H3. The molecule has 0 unspecified atom stereocenters. The smallest absolute Gasteiger partial charge is 0.0996 e. The van der Waals surface area contributed by atoms with Crippen molar-refractivity contribution < 1.29 is 0 Å². The van der Waals surface area contributed by atoms with Crippen molar-refractivity contribution in [3.63, 3.8) is 0 Å². The Kier molecular flexibility index (Phi) is 4.59. The molecule has 0 radical (unpaired) electrons. The lowest BCUT2D eigenvalue weighted by Crippen LogP contribution is -2.10. The molecule has 4 heteroatoms. The van der Waals surface area contributed by atoms with Crippen molar-refractivity contribution in [1.82, 2.24) is 20.3 Å². The highest BCUT2D eigenvalue weighted by atomic mass is 15.4. The Bertz CT molecular complexity index is 244. The molecule has 0 amide bonds. The normalized spacial score (nSPS) is 10.8. The summed E-state index contributed by atoms with van der Waals surface area (Å²) in [5.41, 5.74) is 2.39. The maximum Gasteiger partial charge on any atom is 0.0996 e. The van der Waals surface area contributed by atoms with Crippen LogP contribution in [0.3, 0.4) is 0 Å². The second-order valence-electron chi connectivity index (χ2n) is 3.49. The lowest BCUT2D eigenvalue weighted by molar-refractivity contribution is 0.552. The molecule has 1 rings (SSSR count). The van der Waals surface area contributed by atoms with Gasteiger partial charge in [-0.25, -0.2) is 4.68 Å². The Morgan fingerprint density at radius 3 is 2.64 bits per heavy atom. The van der Waals surface area contributed by atoms with Crippen molar-refractivity contribution in [2.75, 3.05) is 7.05 Å². The van der Waals surface area contributed by atoms with Gasteiger partial charge in [-0.05, 0) is 19.9 Å². The molecule has 0 aromatic carbocycles. The third-order valence-electron chi connectivity index (χ3n) is 2.18. The average molecular weight is 196 g/mol. The fourth-order valence-corrected chi connectivity index (χ4v) is 1.58. The third kappa shape index (κ3) is 2.54. The molecule has 0 fully saturated rings. The first-order valence-corrected chi connectivity index (χ1v) is 5.39. The van der Waals surface area contributed by atoms with Gasteiger partial charge in [0.15, 0.2) is 0 Å². The van der Waals surface area contributed by atoms with Crippen molar-refractivity contribution in [2.24, 2.45) is 0 Å². The van der Waals surface area contributed by atoms with Crippen LogP contribution in [0.5, 0.6) is 0 Å². The SMILES string of the molecule is CCCc1c(CNC)nnn1CCC. The van der Waals surface area contributed by atoms with E-state index < -0.39 is 0 Å². The molecule has 0 atom stereocenters. The fraction of sp³-hybridized carbons (Fsp3) is 0.800. The van der Waals surface area contributed by atoms with Crippen molar-refractivity contribution in [2.45, 2.75) is 46.2 Å². The van der Waals surface area contributed by atoms with Crippen LogP contribution in [0.25, 0.3) is 0 Å². The van der Waals surface area contributed by atoms with E-state index in [1.54, 1.807) is 0 Å². The molecule has 1 heterocycles. The van der Waals surface area contributed by atoms with Crippen LogP contribution in [-0.2, 0) is 19.5 Å². The monoisotopic (exact) mass is 196 g/mol. The first-order chi connectivity index (χ1) is 6.83. The van der Waals surface area contributed by atoms with Gasteiger partial charge >= 0.3 is 0 Å². The predicted octanol–water partition coefficient (Wildman–Crippen LogP) is 1.36. The summed E-state index contributed by atoms with van der Waals surface area (Å²) in [6.07, 6.45) is 3.33. The molecule has 14 heavy (non-hydrogen) atoms. The number of aromatic nitrogens is 3. The highest BCUT2D eigenvalue weighted by molar-refractivity contribution is 5.10. The zero-order valence-electron chi connectivity index (χ0n) is 9.38. The van der Waals surface area contributed by atoms with Crippen LogP contribution >= 0.6 is 0 Å². The van der Waals surface area contributed by atoms with Crippen LogP contribution in [0.4, 0.5) is 0 Å². The van der Waals surface area contributed by atoms with Crippen molar-refractivity contribution >= 4 is 0 Å². The maximum absolute atomic E-state index is 4.19. The zero-order valence-corrected chi connectivity index (χ0v) is 9.38. The summed E-state index contributed by atoms with van der Waals surface area (Å²) in [6.45, 7) is 6.15. The molecule has 80 valence electrons. The van der Waals surface area contributed by atoms with Crippen molar-refractivity contribution in [3.8, 4) is 0 Å². The lowest BCUT2D eigenvalue weighted by Gasteiger charge is -2.05. The van der Waals surface area contributed by atoms with Crippen LogP contribution in [-0.4, -0.2) is 22.0 Å². The van der Waals surface area contributed by atoms with Crippen LogP contribution in [0.2, 0.25) is 0 Å². The van der Waals surface area contributed by atoms with Crippen LogP contribution in [0.1, 0.15) is 38.1 Å². The van der Waals surface area contributed by atoms with Crippen LogP contribution < -0.4 is 5.32 Å². The Morgan fingerprint density at radius 1 is 1.29 bits per heavy atom. The summed E-state index contributed by atoms with van der Waals surface area (Å²) < 4.78 is 2.04. The van der Waals surface area contributed by atoms with Crippen LogP contribution in [0.15, 0.2) is 0 Å². The number of nitrogens with one attached hydrogen (secondary N) is 1. The minimum atomic E-state index is 0.818. The zero-order chi connectivity index (χ0) is 10.4. The van der Waals surface area contributed by atoms with E-state index >= 15 is 0 Å². The second kappa shape index (κ2) is 5.75. The average Bonchev–Trinajstić information content (AvgIpc) is 2.52. The lowest BCUT2D eigenvalue weighted by atomic mass is 10.2. The minimum absolute atomic E-state index is 0.818. The molecule has 1 N–H and O–H groups in total. The maximum atomic E-state index is 4.19. The molecule has 0 spiro atoms. The number of hydrogen-bond acceptors (Lipinski definition) is 3. The van der Waals surface area contributed by atoms with Crippen molar-refractivity contribution in [1.29, 1.82) is 0 Å². The highest BCUT2D eigenvalue weighted by Crippen LogP contribution is 2.08. The van der Waals surface area contributed by atoms with Gasteiger partial charge in [-0.2, -0.15) is 0 Å². The number of rotatable bonds is 6. The fourth-order valence-electron chi connectivity index (χ4n) is 1.58. The quantitative estimate of drug-likeness (QED) is 0.747. The largest absolute Gasteiger partial charge is 0.314 e. The number of nitrogens with zero attached hydrogens (tertiary/aromatic N) is 3. The summed E-state index contributed by atoms with van der Waals surface area (Å²) in [5, 5.41) is 11.5. The summed E-state index contributed by atoms with van der Waals surface area (Å²) in [7, 11) is 1.94. The van der Waals surface area contributed by atoms with Crippen molar-refractivity contribution in [3.05, 3.63) is 11.4 Å². The molecular weight excluding hydrogens is 176 g/mol. The second-order valence-corrected chi connectivity index (χ2v) is 3.49. The number of hydrogen-bond donors (Lipinski definition) is 1. The van der Waals surface area contributed by atoms with Gasteiger partial charge < -0.3 is 5.32 Å². The van der Waals surface area contributed by atoms with Gasteiger partial charge in [0, 0.05) is 13.1 Å². The summed E-state index contributed by atoms with van der Waals surface area (Å²) >= 11 is 0. The molecule has 0 saturated heterocycles. The molecular formula is C10H20N4. The van der Waals surface area contributed by atoms with Gasteiger partial charge in [-0.15, -0.1) is 5.10 Å². The Balaban J connectivity index is 2.82. The molecule has 0 aliphatic heterocycles.